The first-order valence-corrected chi connectivity index (χ1v) is 10.9. The monoisotopic (exact) mass is 361 g/mol. The van der Waals surface area contributed by atoms with E-state index in [0.717, 1.165) is 49.9 Å². The first-order valence-electron chi connectivity index (χ1n) is 10.9. The summed E-state index contributed by atoms with van der Waals surface area (Å²) in [4.78, 5) is 5.91. The maximum absolute atomic E-state index is 14.0. The lowest BCUT2D eigenvalue weighted by atomic mass is 9.85. The number of piperidine rings is 1. The fraction of sp³-hybridized carbons (Fsp3) is 0.727. The Hall–Kier alpha value is -1.13. The lowest BCUT2D eigenvalue weighted by Crippen LogP contribution is -3.23. The summed E-state index contributed by atoms with van der Waals surface area (Å²) in [6, 6.07) is 9.02. The Labute approximate surface area is 158 Å². The summed E-state index contributed by atoms with van der Waals surface area (Å²) in [6.45, 7) is 9.48. The van der Waals surface area contributed by atoms with Gasteiger partial charge < -0.3 is 14.7 Å². The van der Waals surface area contributed by atoms with Crippen LogP contribution in [0.4, 0.5) is 10.1 Å². The van der Waals surface area contributed by atoms with E-state index >= 15 is 0 Å². The van der Waals surface area contributed by atoms with Gasteiger partial charge in [0, 0.05) is 12.8 Å². The summed E-state index contributed by atoms with van der Waals surface area (Å²) >= 11 is 0. The molecule has 3 fully saturated rings. The molecule has 0 aromatic heterocycles. The second-order valence-electron chi connectivity index (χ2n) is 8.99. The zero-order valence-corrected chi connectivity index (χ0v) is 16.4. The molecule has 4 rings (SSSR count). The molecule has 3 nitrogen and oxygen atoms in total. The van der Waals surface area contributed by atoms with Crippen molar-refractivity contribution in [3.05, 3.63) is 30.1 Å². The Bertz CT molecular complexity index is 569. The zero-order chi connectivity index (χ0) is 17.9. The number of quaternary nitrogens is 2. The van der Waals surface area contributed by atoms with Gasteiger partial charge in [0.1, 0.15) is 5.82 Å². The lowest BCUT2D eigenvalue weighted by Gasteiger charge is -2.42. The van der Waals surface area contributed by atoms with Gasteiger partial charge in [-0.2, -0.15) is 0 Å². The quantitative estimate of drug-likeness (QED) is 0.823. The average molecular weight is 362 g/mol. The number of nitrogens with zero attached hydrogens (tertiary/aromatic N) is 1. The number of piperazine rings is 1. The van der Waals surface area contributed by atoms with Crippen molar-refractivity contribution >= 4 is 5.69 Å². The summed E-state index contributed by atoms with van der Waals surface area (Å²) in [6.07, 6.45) is 8.57. The molecule has 2 heterocycles. The molecule has 144 valence electrons. The molecule has 1 aliphatic carbocycles. The second kappa shape index (κ2) is 8.26. The molecule has 1 saturated carbocycles. The third kappa shape index (κ3) is 4.07. The van der Waals surface area contributed by atoms with Gasteiger partial charge in [-0.3, -0.25) is 0 Å². The normalized spacial score (nSPS) is 34.0. The van der Waals surface area contributed by atoms with E-state index in [0.29, 0.717) is 0 Å². The summed E-state index contributed by atoms with van der Waals surface area (Å²) in [5, 5.41) is 0. The van der Waals surface area contributed by atoms with E-state index in [1.54, 1.807) is 17.0 Å². The summed E-state index contributed by atoms with van der Waals surface area (Å²) in [7, 11) is 0. The largest absolute Gasteiger partial charge is 0.358 e. The SMILES string of the molecule is CC1CCC([NH+]2CCC([NH+]3CCN(c4ccccc4F)CC3)CC2)CC1. The van der Waals surface area contributed by atoms with Crippen LogP contribution < -0.4 is 14.7 Å². The van der Waals surface area contributed by atoms with Gasteiger partial charge in [0.25, 0.3) is 0 Å². The molecule has 26 heavy (non-hydrogen) atoms. The summed E-state index contributed by atoms with van der Waals surface area (Å²) < 4.78 is 14.0. The van der Waals surface area contributed by atoms with Crippen LogP contribution in [0, 0.1) is 11.7 Å². The average Bonchev–Trinajstić information content (AvgIpc) is 2.69. The highest BCUT2D eigenvalue weighted by Crippen LogP contribution is 2.22. The molecular formula is C22H36FN3+2. The summed E-state index contributed by atoms with van der Waals surface area (Å²) in [5.74, 6) is 0.882. The molecule has 0 atom stereocenters. The predicted molar refractivity (Wildman–Crippen MR) is 104 cm³/mol. The lowest BCUT2D eigenvalue weighted by molar-refractivity contribution is -0.969. The van der Waals surface area contributed by atoms with Crippen LogP contribution in [0.3, 0.4) is 0 Å². The maximum atomic E-state index is 14.0. The number of hydrogen-bond donors (Lipinski definition) is 2. The van der Waals surface area contributed by atoms with Crippen molar-refractivity contribution in [3.8, 4) is 0 Å². The van der Waals surface area contributed by atoms with E-state index in [2.05, 4.69) is 11.8 Å². The number of rotatable bonds is 3. The van der Waals surface area contributed by atoms with E-state index in [1.165, 1.54) is 51.6 Å². The molecule has 2 N–H and O–H groups in total. The van der Waals surface area contributed by atoms with Gasteiger partial charge in [-0.1, -0.05) is 19.1 Å². The number of anilines is 1. The molecule has 1 aromatic carbocycles. The van der Waals surface area contributed by atoms with E-state index < -0.39 is 0 Å². The van der Waals surface area contributed by atoms with Gasteiger partial charge in [0.05, 0.1) is 57.0 Å². The van der Waals surface area contributed by atoms with E-state index in [9.17, 15) is 4.39 Å². The first-order chi connectivity index (χ1) is 12.7. The van der Waals surface area contributed by atoms with Crippen molar-refractivity contribution in [1.29, 1.82) is 0 Å². The van der Waals surface area contributed by atoms with E-state index in [4.69, 9.17) is 0 Å². The first kappa shape index (κ1) is 18.2. The van der Waals surface area contributed by atoms with Crippen molar-refractivity contribution in [2.24, 2.45) is 5.92 Å². The molecular weight excluding hydrogens is 325 g/mol. The molecule has 2 aliphatic heterocycles. The minimum Gasteiger partial charge on any atom is -0.358 e. The Morgan fingerprint density at radius 1 is 0.808 bits per heavy atom. The topological polar surface area (TPSA) is 12.1 Å². The Kier molecular flexibility index (Phi) is 5.80. The van der Waals surface area contributed by atoms with Gasteiger partial charge in [0.2, 0.25) is 0 Å². The van der Waals surface area contributed by atoms with Crippen molar-refractivity contribution in [2.45, 2.75) is 57.5 Å². The third-order valence-electron chi connectivity index (χ3n) is 7.40. The molecule has 0 radical (unpaired) electrons. The van der Waals surface area contributed by atoms with Gasteiger partial charge in [-0.15, -0.1) is 0 Å². The highest BCUT2D eigenvalue weighted by atomic mass is 19.1. The molecule has 0 amide bonds. The van der Waals surface area contributed by atoms with E-state index in [1.807, 2.05) is 17.0 Å². The zero-order valence-electron chi connectivity index (χ0n) is 16.4. The van der Waals surface area contributed by atoms with Crippen molar-refractivity contribution in [1.82, 2.24) is 0 Å². The van der Waals surface area contributed by atoms with Crippen molar-refractivity contribution in [2.75, 3.05) is 44.2 Å². The predicted octanol–water partition coefficient (Wildman–Crippen LogP) is 1.16. The van der Waals surface area contributed by atoms with Crippen LogP contribution in [-0.4, -0.2) is 51.4 Å². The fourth-order valence-electron chi connectivity index (χ4n) is 5.62. The fourth-order valence-corrected chi connectivity index (χ4v) is 5.62. The van der Waals surface area contributed by atoms with E-state index in [-0.39, 0.29) is 5.82 Å². The molecule has 0 unspecified atom stereocenters. The maximum Gasteiger partial charge on any atom is 0.146 e. The number of likely N-dealkylation sites (tertiary alicyclic amines) is 1. The standard InChI is InChI=1S/C22H34FN3/c1-18-6-8-19(9-7-18)24-12-10-20(11-13-24)25-14-16-26(17-15-25)22-5-3-2-4-21(22)23/h2-5,18-20H,6-17H2,1H3/p+2. The van der Waals surface area contributed by atoms with Gasteiger partial charge in [0.15, 0.2) is 0 Å². The Balaban J connectivity index is 1.24. The second-order valence-corrected chi connectivity index (χ2v) is 8.99. The highest BCUT2D eigenvalue weighted by molar-refractivity contribution is 5.47. The summed E-state index contributed by atoms with van der Waals surface area (Å²) in [5.41, 5.74) is 0.789. The smallest absolute Gasteiger partial charge is 0.146 e. The minimum absolute atomic E-state index is 0.0744. The van der Waals surface area contributed by atoms with Crippen molar-refractivity contribution < 1.29 is 14.2 Å². The number of hydrogen-bond acceptors (Lipinski definition) is 1. The van der Waals surface area contributed by atoms with Crippen LogP contribution >= 0.6 is 0 Å². The molecule has 3 aliphatic rings. The van der Waals surface area contributed by atoms with Crippen LogP contribution in [0.1, 0.15) is 45.4 Å². The molecule has 4 heteroatoms. The van der Waals surface area contributed by atoms with Gasteiger partial charge in [-0.05, 0) is 43.7 Å². The van der Waals surface area contributed by atoms with Crippen LogP contribution in [0.15, 0.2) is 24.3 Å². The third-order valence-corrected chi connectivity index (χ3v) is 7.40. The number of benzene rings is 1. The van der Waals surface area contributed by atoms with Crippen LogP contribution in [0.5, 0.6) is 0 Å². The minimum atomic E-state index is -0.0744. The van der Waals surface area contributed by atoms with Crippen LogP contribution in [0.25, 0.3) is 0 Å². The molecule has 1 aromatic rings. The van der Waals surface area contributed by atoms with Crippen LogP contribution in [0.2, 0.25) is 0 Å². The Morgan fingerprint density at radius 3 is 2.04 bits per heavy atom. The number of halogens is 1. The highest BCUT2D eigenvalue weighted by Gasteiger charge is 2.36. The van der Waals surface area contributed by atoms with Crippen molar-refractivity contribution in [3.63, 3.8) is 0 Å². The number of para-hydroxylation sites is 1. The van der Waals surface area contributed by atoms with Gasteiger partial charge >= 0.3 is 0 Å². The van der Waals surface area contributed by atoms with Crippen LogP contribution in [-0.2, 0) is 0 Å². The molecule has 0 spiro atoms. The molecule has 2 saturated heterocycles. The number of nitrogens with one attached hydrogen (secondary N) is 2. The van der Waals surface area contributed by atoms with Gasteiger partial charge in [-0.25, -0.2) is 4.39 Å². The molecule has 0 bridgehead atoms. The Morgan fingerprint density at radius 2 is 1.38 bits per heavy atom.